The van der Waals surface area contributed by atoms with E-state index in [2.05, 4.69) is 16.5 Å². The summed E-state index contributed by atoms with van der Waals surface area (Å²) in [5.74, 6) is 1.07. The van der Waals surface area contributed by atoms with Crippen molar-refractivity contribution in [3.05, 3.63) is 30.9 Å². The molecule has 0 saturated heterocycles. The van der Waals surface area contributed by atoms with Crippen LogP contribution in [0, 0.1) is 0 Å². The van der Waals surface area contributed by atoms with E-state index in [0.717, 1.165) is 25.1 Å². The van der Waals surface area contributed by atoms with Crippen LogP contribution in [-0.2, 0) is 6.42 Å². The molecular weight excluding hydrogens is 124 g/mol. The van der Waals surface area contributed by atoms with E-state index in [0.29, 0.717) is 0 Å². The van der Waals surface area contributed by atoms with Crippen LogP contribution in [0.3, 0.4) is 0 Å². The summed E-state index contributed by atoms with van der Waals surface area (Å²) in [5, 5.41) is 0. The van der Waals surface area contributed by atoms with Gasteiger partial charge in [0.15, 0.2) is 0 Å². The third kappa shape index (κ3) is 2.05. The summed E-state index contributed by atoms with van der Waals surface area (Å²) < 4.78 is 0. The maximum absolute atomic E-state index is 4.10. The molecule has 1 heterocycles. The van der Waals surface area contributed by atoms with Gasteiger partial charge >= 0.3 is 0 Å². The molecule has 1 aromatic heterocycles. The zero-order valence-corrected chi connectivity index (χ0v) is 6.01. The molecule has 10 heavy (non-hydrogen) atoms. The maximum Gasteiger partial charge on any atom is 0.106 e. The van der Waals surface area contributed by atoms with E-state index in [4.69, 9.17) is 0 Å². The van der Waals surface area contributed by atoms with Crippen LogP contribution in [0.4, 0.5) is 0 Å². The Bertz CT molecular complexity index is 177. The van der Waals surface area contributed by atoms with Gasteiger partial charge in [0.05, 0.1) is 0 Å². The number of nitrogens with one attached hydrogen (secondary N) is 1. The molecule has 1 N–H and O–H groups in total. The number of aromatic nitrogens is 2. The van der Waals surface area contributed by atoms with E-state index >= 15 is 0 Å². The quantitative estimate of drug-likeness (QED) is 0.497. The van der Waals surface area contributed by atoms with E-state index in [1.807, 2.05) is 12.3 Å². The molecule has 0 fully saturated rings. The van der Waals surface area contributed by atoms with Crippen molar-refractivity contribution in [2.75, 3.05) is 0 Å². The van der Waals surface area contributed by atoms with Gasteiger partial charge in [0.25, 0.3) is 0 Å². The predicted molar refractivity (Wildman–Crippen MR) is 41.7 cm³/mol. The van der Waals surface area contributed by atoms with Crippen molar-refractivity contribution in [2.45, 2.75) is 19.3 Å². The topological polar surface area (TPSA) is 28.7 Å². The van der Waals surface area contributed by atoms with E-state index < -0.39 is 0 Å². The summed E-state index contributed by atoms with van der Waals surface area (Å²) in [5.41, 5.74) is 0. The highest BCUT2D eigenvalue weighted by Crippen LogP contribution is 1.97. The minimum atomic E-state index is 1.03. The monoisotopic (exact) mass is 136 g/mol. The first-order chi connectivity index (χ1) is 4.93. The second-order valence-corrected chi connectivity index (χ2v) is 2.22. The maximum atomic E-state index is 4.10. The van der Waals surface area contributed by atoms with Gasteiger partial charge in [0.2, 0.25) is 0 Å². The normalized spacial score (nSPS) is 9.60. The number of rotatable bonds is 4. The largest absolute Gasteiger partial charge is 0.349 e. The molecule has 54 valence electrons. The highest BCUT2D eigenvalue weighted by molar-refractivity contribution is 4.87. The van der Waals surface area contributed by atoms with Gasteiger partial charge in [0.1, 0.15) is 5.82 Å². The molecule has 0 atom stereocenters. The van der Waals surface area contributed by atoms with Gasteiger partial charge in [-0.25, -0.2) is 4.98 Å². The standard InChI is InChI=1S/C8H12N2/c1-2-3-4-5-8-9-6-7-10-8/h2,6-7H,1,3-5H2,(H,9,10). The van der Waals surface area contributed by atoms with Crippen LogP contribution in [0.2, 0.25) is 0 Å². The number of hydrogen-bond donors (Lipinski definition) is 1. The first kappa shape index (κ1) is 7.06. The average molecular weight is 136 g/mol. The number of allylic oxidation sites excluding steroid dienone is 1. The molecule has 0 bridgehead atoms. The summed E-state index contributed by atoms with van der Waals surface area (Å²) >= 11 is 0. The molecule has 2 heteroatoms. The van der Waals surface area contributed by atoms with Crippen LogP contribution < -0.4 is 0 Å². The molecule has 1 aromatic rings. The molecule has 0 saturated carbocycles. The minimum absolute atomic E-state index is 1.03. The second kappa shape index (κ2) is 3.88. The highest BCUT2D eigenvalue weighted by atomic mass is 14.9. The van der Waals surface area contributed by atoms with Crippen LogP contribution in [0.1, 0.15) is 18.7 Å². The van der Waals surface area contributed by atoms with Crippen molar-refractivity contribution in [1.29, 1.82) is 0 Å². The molecule has 0 aromatic carbocycles. The van der Waals surface area contributed by atoms with Crippen molar-refractivity contribution in [3.63, 3.8) is 0 Å². The molecule has 0 amide bonds. The number of H-pyrrole nitrogens is 1. The Morgan fingerprint density at radius 1 is 1.70 bits per heavy atom. The zero-order chi connectivity index (χ0) is 7.23. The Balaban J connectivity index is 2.21. The number of hydrogen-bond acceptors (Lipinski definition) is 1. The Labute approximate surface area is 61.0 Å². The van der Waals surface area contributed by atoms with E-state index in [-0.39, 0.29) is 0 Å². The summed E-state index contributed by atoms with van der Waals surface area (Å²) in [6, 6.07) is 0. The smallest absolute Gasteiger partial charge is 0.106 e. The van der Waals surface area contributed by atoms with Crippen LogP contribution in [0.25, 0.3) is 0 Å². The molecule has 0 spiro atoms. The van der Waals surface area contributed by atoms with Gasteiger partial charge in [-0.05, 0) is 12.8 Å². The number of aromatic amines is 1. The van der Waals surface area contributed by atoms with Gasteiger partial charge in [-0.2, -0.15) is 0 Å². The van der Waals surface area contributed by atoms with Crippen LogP contribution in [-0.4, -0.2) is 9.97 Å². The van der Waals surface area contributed by atoms with Crippen molar-refractivity contribution in [3.8, 4) is 0 Å². The van der Waals surface area contributed by atoms with E-state index in [1.54, 1.807) is 6.20 Å². The molecule has 1 rings (SSSR count). The minimum Gasteiger partial charge on any atom is -0.349 e. The first-order valence-electron chi connectivity index (χ1n) is 3.52. The van der Waals surface area contributed by atoms with Gasteiger partial charge in [-0.1, -0.05) is 6.08 Å². The van der Waals surface area contributed by atoms with Gasteiger partial charge in [0, 0.05) is 18.8 Å². The molecule has 0 aliphatic heterocycles. The van der Waals surface area contributed by atoms with Crippen LogP contribution >= 0.6 is 0 Å². The lowest BCUT2D eigenvalue weighted by Crippen LogP contribution is -1.86. The summed E-state index contributed by atoms with van der Waals surface area (Å²) in [4.78, 5) is 7.15. The van der Waals surface area contributed by atoms with E-state index in [1.165, 1.54) is 0 Å². The molecule has 2 nitrogen and oxygen atoms in total. The average Bonchev–Trinajstić information content (AvgIpc) is 2.41. The Hall–Kier alpha value is -1.05. The van der Waals surface area contributed by atoms with Gasteiger partial charge in [-0.3, -0.25) is 0 Å². The second-order valence-electron chi connectivity index (χ2n) is 2.22. The Kier molecular flexibility index (Phi) is 2.74. The van der Waals surface area contributed by atoms with Gasteiger partial charge in [-0.15, -0.1) is 6.58 Å². The van der Waals surface area contributed by atoms with Crippen molar-refractivity contribution in [2.24, 2.45) is 0 Å². The molecule has 0 aliphatic rings. The number of imidazole rings is 1. The fraction of sp³-hybridized carbons (Fsp3) is 0.375. The number of unbranched alkanes of at least 4 members (excludes halogenated alkanes) is 1. The Morgan fingerprint density at radius 2 is 2.60 bits per heavy atom. The van der Waals surface area contributed by atoms with E-state index in [9.17, 15) is 0 Å². The lowest BCUT2D eigenvalue weighted by atomic mass is 10.2. The highest BCUT2D eigenvalue weighted by Gasteiger charge is 1.90. The lowest BCUT2D eigenvalue weighted by molar-refractivity contribution is 0.800. The fourth-order valence-corrected chi connectivity index (χ4v) is 0.849. The zero-order valence-electron chi connectivity index (χ0n) is 6.01. The third-order valence-corrected chi connectivity index (χ3v) is 1.38. The molecule has 0 unspecified atom stereocenters. The number of aryl methyl sites for hydroxylation is 1. The van der Waals surface area contributed by atoms with Crippen LogP contribution in [0.15, 0.2) is 25.0 Å². The van der Waals surface area contributed by atoms with Crippen LogP contribution in [0.5, 0.6) is 0 Å². The third-order valence-electron chi connectivity index (χ3n) is 1.38. The Morgan fingerprint density at radius 3 is 3.20 bits per heavy atom. The van der Waals surface area contributed by atoms with Crippen molar-refractivity contribution >= 4 is 0 Å². The van der Waals surface area contributed by atoms with Crippen molar-refractivity contribution in [1.82, 2.24) is 9.97 Å². The first-order valence-corrected chi connectivity index (χ1v) is 3.52. The number of nitrogens with zero attached hydrogens (tertiary/aromatic N) is 1. The summed E-state index contributed by atoms with van der Waals surface area (Å²) in [7, 11) is 0. The summed E-state index contributed by atoms with van der Waals surface area (Å²) in [6.07, 6.45) is 8.80. The lowest BCUT2D eigenvalue weighted by Gasteiger charge is -1.91. The molecule has 0 aliphatic carbocycles. The van der Waals surface area contributed by atoms with Crippen molar-refractivity contribution < 1.29 is 0 Å². The van der Waals surface area contributed by atoms with Gasteiger partial charge < -0.3 is 4.98 Å². The summed E-state index contributed by atoms with van der Waals surface area (Å²) in [6.45, 7) is 3.65. The SMILES string of the molecule is C=CCCCc1ncc[nH]1. The molecule has 0 radical (unpaired) electrons. The fourth-order valence-electron chi connectivity index (χ4n) is 0.849. The predicted octanol–water partition coefficient (Wildman–Crippen LogP) is 1.92. The molecular formula is C8H12N2.